The molecule has 0 spiro atoms. The molecule has 0 aliphatic rings. The van der Waals surface area contributed by atoms with Crippen molar-refractivity contribution in [1.82, 2.24) is 5.20 Å². The van der Waals surface area contributed by atoms with Gasteiger partial charge in [-0.2, -0.15) is 0 Å². The number of hydrogen-bond donors (Lipinski definition) is 2. The molecule has 0 unspecified atom stereocenters. The molecule has 0 aliphatic heterocycles. The molecule has 5 nitrogen and oxygen atoms in total. The van der Waals surface area contributed by atoms with Crippen LogP contribution < -0.4 is 10.6 Å². The second-order valence-corrected chi connectivity index (χ2v) is 4.86. The fourth-order valence-corrected chi connectivity index (χ4v) is 1.60. The minimum atomic E-state index is -3.23. The predicted molar refractivity (Wildman–Crippen MR) is 59.6 cm³/mol. The van der Waals surface area contributed by atoms with E-state index in [-0.39, 0.29) is 0 Å². The number of hydrogen-bond acceptors (Lipinski definition) is 4. The van der Waals surface area contributed by atoms with Crippen molar-refractivity contribution >= 4 is 13.4 Å². The van der Waals surface area contributed by atoms with Gasteiger partial charge in [0, 0.05) is 14.2 Å². The van der Waals surface area contributed by atoms with Gasteiger partial charge in [-0.25, -0.2) is 4.57 Å². The maximum absolute atomic E-state index is 11.6. The first kappa shape index (κ1) is 12.2. The van der Waals surface area contributed by atoms with Crippen LogP contribution in [0.15, 0.2) is 24.3 Å². The molecule has 0 bridgehead atoms. The quantitative estimate of drug-likeness (QED) is 0.600. The van der Waals surface area contributed by atoms with Gasteiger partial charge < -0.3 is 5.43 Å². The van der Waals surface area contributed by atoms with Crippen LogP contribution in [0.1, 0.15) is 5.56 Å². The van der Waals surface area contributed by atoms with Gasteiger partial charge in [0.05, 0.1) is 5.69 Å². The first-order valence-corrected chi connectivity index (χ1v) is 5.96. The third kappa shape index (κ3) is 3.32. The molecule has 0 radical (unpaired) electrons. The molecule has 0 heterocycles. The number of rotatable bonds is 5. The highest BCUT2D eigenvalue weighted by atomic mass is 31.2. The zero-order valence-corrected chi connectivity index (χ0v) is 9.88. The van der Waals surface area contributed by atoms with E-state index in [1.165, 1.54) is 14.2 Å². The standard InChI is InChI=1S/C9H15N2O3P/c1-8-6-4-5-7-9(8)10-11-15(12,13-2)14-3/h4-7,10H,1-3H3,(H,11,12). The summed E-state index contributed by atoms with van der Waals surface area (Å²) in [6.45, 7) is 1.94. The van der Waals surface area contributed by atoms with Gasteiger partial charge in [0.15, 0.2) is 0 Å². The molecule has 0 aliphatic carbocycles. The highest BCUT2D eigenvalue weighted by Gasteiger charge is 2.20. The first-order valence-electron chi connectivity index (χ1n) is 4.42. The zero-order valence-electron chi connectivity index (χ0n) is 8.98. The van der Waals surface area contributed by atoms with Crippen LogP contribution in [-0.4, -0.2) is 14.2 Å². The summed E-state index contributed by atoms with van der Waals surface area (Å²) in [4.78, 5) is 0. The number of benzene rings is 1. The molecule has 1 aromatic carbocycles. The predicted octanol–water partition coefficient (Wildman–Crippen LogP) is 2.31. The molecule has 6 heteroatoms. The van der Waals surface area contributed by atoms with E-state index in [1.54, 1.807) is 0 Å². The maximum atomic E-state index is 11.6. The second-order valence-electron chi connectivity index (χ2n) is 2.91. The summed E-state index contributed by atoms with van der Waals surface area (Å²) in [6.07, 6.45) is 0. The van der Waals surface area contributed by atoms with Gasteiger partial charge >= 0.3 is 7.75 Å². The molecule has 2 N–H and O–H groups in total. The van der Waals surface area contributed by atoms with E-state index in [0.29, 0.717) is 0 Å². The van der Waals surface area contributed by atoms with Gasteiger partial charge in [-0.3, -0.25) is 9.05 Å². The fraction of sp³-hybridized carbons (Fsp3) is 0.333. The largest absolute Gasteiger partial charge is 0.422 e. The summed E-state index contributed by atoms with van der Waals surface area (Å²) in [7, 11) is -0.595. The van der Waals surface area contributed by atoms with Gasteiger partial charge in [0.2, 0.25) is 0 Å². The Morgan fingerprint density at radius 2 is 1.80 bits per heavy atom. The fourth-order valence-electron chi connectivity index (χ4n) is 1.01. The lowest BCUT2D eigenvalue weighted by atomic mass is 10.2. The molecule has 0 amide bonds. The van der Waals surface area contributed by atoms with E-state index >= 15 is 0 Å². The summed E-state index contributed by atoms with van der Waals surface area (Å²) in [5.41, 5.74) is 4.65. The number of nitrogens with one attached hydrogen (secondary N) is 2. The molecule has 0 saturated heterocycles. The van der Waals surface area contributed by atoms with Crippen LogP contribution in [0, 0.1) is 6.92 Å². The minimum Gasteiger partial charge on any atom is -0.312 e. The van der Waals surface area contributed by atoms with Crippen molar-refractivity contribution in [3.8, 4) is 0 Å². The van der Waals surface area contributed by atoms with Crippen LogP contribution in [0.25, 0.3) is 0 Å². The van der Waals surface area contributed by atoms with Crippen molar-refractivity contribution in [3.05, 3.63) is 29.8 Å². The molecule has 0 atom stereocenters. The van der Waals surface area contributed by atoms with Gasteiger partial charge in [-0.15, -0.1) is 5.20 Å². The number of anilines is 1. The average Bonchev–Trinajstić information content (AvgIpc) is 2.28. The molecule has 15 heavy (non-hydrogen) atoms. The van der Waals surface area contributed by atoms with E-state index in [1.807, 2.05) is 31.2 Å². The Labute approximate surface area is 89.3 Å². The smallest absolute Gasteiger partial charge is 0.312 e. The highest BCUT2D eigenvalue weighted by molar-refractivity contribution is 7.51. The van der Waals surface area contributed by atoms with Gasteiger partial charge in [0.1, 0.15) is 0 Å². The lowest BCUT2D eigenvalue weighted by molar-refractivity contribution is 0.267. The molecule has 1 rings (SSSR count). The average molecular weight is 230 g/mol. The summed E-state index contributed by atoms with van der Waals surface area (Å²) >= 11 is 0. The van der Waals surface area contributed by atoms with Crippen LogP contribution in [0.3, 0.4) is 0 Å². The molecule has 0 saturated carbocycles. The van der Waals surface area contributed by atoms with E-state index in [0.717, 1.165) is 11.3 Å². The second kappa shape index (κ2) is 5.28. The van der Waals surface area contributed by atoms with Crippen molar-refractivity contribution in [2.45, 2.75) is 6.92 Å². The SMILES string of the molecule is COP(=O)(NNc1ccccc1C)OC. The lowest BCUT2D eigenvalue weighted by Gasteiger charge is -2.16. The van der Waals surface area contributed by atoms with Gasteiger partial charge in [-0.1, -0.05) is 18.2 Å². The van der Waals surface area contributed by atoms with Crippen molar-refractivity contribution in [1.29, 1.82) is 0 Å². The normalized spacial score (nSPS) is 11.4. The molecular weight excluding hydrogens is 215 g/mol. The van der Waals surface area contributed by atoms with E-state index < -0.39 is 7.75 Å². The van der Waals surface area contributed by atoms with Gasteiger partial charge in [0.25, 0.3) is 0 Å². The molecule has 1 aromatic rings. The maximum Gasteiger partial charge on any atom is 0.422 e. The zero-order chi connectivity index (χ0) is 11.3. The van der Waals surface area contributed by atoms with Gasteiger partial charge in [-0.05, 0) is 18.6 Å². The Morgan fingerprint density at radius 1 is 1.20 bits per heavy atom. The third-order valence-corrected chi connectivity index (χ3v) is 3.30. The van der Waals surface area contributed by atoms with E-state index in [9.17, 15) is 4.57 Å². The van der Waals surface area contributed by atoms with Crippen molar-refractivity contribution in [2.24, 2.45) is 0 Å². The number of para-hydroxylation sites is 1. The van der Waals surface area contributed by atoms with Crippen LogP contribution in [-0.2, 0) is 13.6 Å². The Morgan fingerprint density at radius 3 is 2.33 bits per heavy atom. The Balaban J connectivity index is 2.65. The van der Waals surface area contributed by atoms with Crippen LogP contribution >= 0.6 is 7.75 Å². The van der Waals surface area contributed by atoms with E-state index in [4.69, 9.17) is 9.05 Å². The topological polar surface area (TPSA) is 59.6 Å². The highest BCUT2D eigenvalue weighted by Crippen LogP contribution is 2.41. The Kier molecular flexibility index (Phi) is 4.29. The van der Waals surface area contributed by atoms with E-state index in [2.05, 4.69) is 10.6 Å². The monoisotopic (exact) mass is 230 g/mol. The molecule has 0 aromatic heterocycles. The number of aryl methyl sites for hydroxylation is 1. The molecular formula is C9H15N2O3P. The first-order chi connectivity index (χ1) is 7.11. The number of hydrazine groups is 1. The van der Waals surface area contributed by atoms with Crippen LogP contribution in [0.5, 0.6) is 0 Å². The Bertz CT molecular complexity index is 362. The van der Waals surface area contributed by atoms with Crippen molar-refractivity contribution < 1.29 is 13.6 Å². The molecule has 0 fully saturated rings. The summed E-state index contributed by atoms with van der Waals surface area (Å²) in [5, 5.41) is 2.51. The third-order valence-electron chi connectivity index (χ3n) is 1.95. The molecule has 84 valence electrons. The van der Waals surface area contributed by atoms with Crippen molar-refractivity contribution in [2.75, 3.05) is 19.6 Å². The summed E-state index contributed by atoms with van der Waals surface area (Å²) < 4.78 is 21.0. The van der Waals surface area contributed by atoms with Crippen LogP contribution in [0.4, 0.5) is 5.69 Å². The summed E-state index contributed by atoms with van der Waals surface area (Å²) in [6, 6.07) is 7.60. The Hall–Kier alpha value is -0.870. The minimum absolute atomic E-state index is 0.826. The van der Waals surface area contributed by atoms with Crippen molar-refractivity contribution in [3.63, 3.8) is 0 Å². The summed E-state index contributed by atoms with van der Waals surface area (Å²) in [5.74, 6) is 0. The van der Waals surface area contributed by atoms with Crippen LogP contribution in [0.2, 0.25) is 0 Å². The lowest BCUT2D eigenvalue weighted by Crippen LogP contribution is -2.20.